The molecule has 3 N–H and O–H groups in total. The summed E-state index contributed by atoms with van der Waals surface area (Å²) in [6.45, 7) is 3.89. The molecule has 3 amide bonds. The van der Waals surface area contributed by atoms with Gasteiger partial charge in [0.2, 0.25) is 11.8 Å². The molecule has 0 saturated heterocycles. The number of hydrogen-bond donors (Lipinski definition) is 3. The maximum atomic E-state index is 12.0. The third kappa shape index (κ3) is 6.05. The zero-order valence-electron chi connectivity index (χ0n) is 14.9. The van der Waals surface area contributed by atoms with Crippen molar-refractivity contribution < 1.29 is 14.4 Å². The third-order valence-corrected chi connectivity index (χ3v) is 3.63. The minimum absolute atomic E-state index is 0.0593. The molecule has 0 heterocycles. The van der Waals surface area contributed by atoms with Gasteiger partial charge in [-0.15, -0.1) is 0 Å². The van der Waals surface area contributed by atoms with Crippen LogP contribution >= 0.6 is 0 Å². The van der Waals surface area contributed by atoms with Crippen molar-refractivity contribution in [3.05, 3.63) is 60.2 Å². The Balaban J connectivity index is 1.75. The summed E-state index contributed by atoms with van der Waals surface area (Å²) < 4.78 is 0. The Morgan fingerprint density at radius 2 is 1.42 bits per heavy atom. The first-order chi connectivity index (χ1) is 12.5. The largest absolute Gasteiger partial charge is 0.352 e. The first-order valence-corrected chi connectivity index (χ1v) is 8.49. The van der Waals surface area contributed by atoms with Crippen molar-refractivity contribution in [2.24, 2.45) is 5.92 Å². The molecule has 2 aromatic carbocycles. The Bertz CT molecular complexity index is 756. The fraction of sp³-hybridized carbons (Fsp3) is 0.250. The highest BCUT2D eigenvalue weighted by Gasteiger charge is 2.08. The smallest absolute Gasteiger partial charge is 0.251 e. The minimum atomic E-state index is -0.205. The number of rotatable bonds is 7. The van der Waals surface area contributed by atoms with E-state index in [-0.39, 0.29) is 36.6 Å². The van der Waals surface area contributed by atoms with E-state index in [1.807, 2.05) is 19.9 Å². The van der Waals surface area contributed by atoms with Gasteiger partial charge in [0.1, 0.15) is 0 Å². The average Bonchev–Trinajstić information content (AvgIpc) is 2.63. The van der Waals surface area contributed by atoms with Crippen molar-refractivity contribution in [1.82, 2.24) is 5.32 Å². The Morgan fingerprint density at radius 3 is 2.00 bits per heavy atom. The molecule has 0 aromatic heterocycles. The number of carbonyl (C=O) groups is 3. The quantitative estimate of drug-likeness (QED) is 0.715. The first-order valence-electron chi connectivity index (χ1n) is 8.49. The number of carbonyl (C=O) groups excluding carboxylic acids is 3. The van der Waals surface area contributed by atoms with Crippen molar-refractivity contribution in [3.8, 4) is 0 Å². The summed E-state index contributed by atoms with van der Waals surface area (Å²) in [7, 11) is 0. The van der Waals surface area contributed by atoms with Crippen LogP contribution in [0.1, 0.15) is 30.6 Å². The number of anilines is 2. The molecule has 0 atom stereocenters. The summed E-state index contributed by atoms with van der Waals surface area (Å²) in [6, 6.07) is 15.7. The van der Waals surface area contributed by atoms with E-state index >= 15 is 0 Å². The fourth-order valence-electron chi connectivity index (χ4n) is 2.13. The second-order valence-electron chi connectivity index (χ2n) is 6.14. The Kier molecular flexibility index (Phi) is 6.91. The summed E-state index contributed by atoms with van der Waals surface area (Å²) >= 11 is 0. The Labute approximate surface area is 153 Å². The van der Waals surface area contributed by atoms with E-state index in [9.17, 15) is 14.4 Å². The van der Waals surface area contributed by atoms with E-state index in [1.54, 1.807) is 48.5 Å². The number of hydrogen-bond acceptors (Lipinski definition) is 3. The molecule has 0 radical (unpaired) electrons. The van der Waals surface area contributed by atoms with Crippen molar-refractivity contribution in [3.63, 3.8) is 0 Å². The lowest BCUT2D eigenvalue weighted by Gasteiger charge is -2.10. The average molecular weight is 353 g/mol. The summed E-state index contributed by atoms with van der Waals surface area (Å²) in [5.41, 5.74) is 1.87. The maximum absolute atomic E-state index is 12.0. The Hall–Kier alpha value is -3.15. The lowest BCUT2D eigenvalue weighted by atomic mass is 10.2. The van der Waals surface area contributed by atoms with Crippen LogP contribution in [0.2, 0.25) is 0 Å². The second kappa shape index (κ2) is 9.36. The molecule has 0 bridgehead atoms. The molecule has 0 aliphatic rings. The van der Waals surface area contributed by atoms with Gasteiger partial charge in [-0.25, -0.2) is 0 Å². The van der Waals surface area contributed by atoms with E-state index in [1.165, 1.54) is 0 Å². The fourth-order valence-corrected chi connectivity index (χ4v) is 2.13. The molecule has 0 saturated carbocycles. The van der Waals surface area contributed by atoms with Gasteiger partial charge in [-0.2, -0.15) is 0 Å². The molecule has 6 nitrogen and oxygen atoms in total. The van der Waals surface area contributed by atoms with Crippen LogP contribution < -0.4 is 16.0 Å². The van der Waals surface area contributed by atoms with Crippen LogP contribution in [0.5, 0.6) is 0 Å². The number of amides is 3. The SMILES string of the molecule is CC(C)C(=O)Nc1ccc(NC(=O)CCNC(=O)c2ccccc2)cc1. The highest BCUT2D eigenvalue weighted by Crippen LogP contribution is 2.14. The molecule has 0 unspecified atom stereocenters. The second-order valence-corrected chi connectivity index (χ2v) is 6.14. The Morgan fingerprint density at radius 1 is 0.846 bits per heavy atom. The monoisotopic (exact) mass is 353 g/mol. The predicted molar refractivity (Wildman–Crippen MR) is 102 cm³/mol. The van der Waals surface area contributed by atoms with Crippen LogP contribution in [0.4, 0.5) is 11.4 Å². The molecule has 0 aliphatic heterocycles. The molecule has 0 fully saturated rings. The van der Waals surface area contributed by atoms with Gasteiger partial charge in [0.25, 0.3) is 5.91 Å². The normalized spacial score (nSPS) is 10.3. The molecule has 2 rings (SSSR count). The summed E-state index contributed by atoms with van der Waals surface area (Å²) in [6.07, 6.45) is 0.171. The lowest BCUT2D eigenvalue weighted by molar-refractivity contribution is -0.119. The topological polar surface area (TPSA) is 87.3 Å². The van der Waals surface area contributed by atoms with Gasteiger partial charge < -0.3 is 16.0 Å². The number of benzene rings is 2. The lowest BCUT2D eigenvalue weighted by Crippen LogP contribution is -2.27. The zero-order chi connectivity index (χ0) is 18.9. The summed E-state index contributed by atoms with van der Waals surface area (Å²) in [5, 5.41) is 8.25. The standard InChI is InChI=1S/C20H23N3O3/c1-14(2)19(25)23-17-10-8-16(9-11-17)22-18(24)12-13-21-20(26)15-6-4-3-5-7-15/h3-11,14H,12-13H2,1-2H3,(H,21,26)(H,22,24)(H,23,25). The van der Waals surface area contributed by atoms with Crippen LogP contribution in [0.15, 0.2) is 54.6 Å². The van der Waals surface area contributed by atoms with Crippen LogP contribution in [0, 0.1) is 5.92 Å². The van der Waals surface area contributed by atoms with Gasteiger partial charge in [-0.05, 0) is 36.4 Å². The third-order valence-electron chi connectivity index (χ3n) is 3.63. The van der Waals surface area contributed by atoms with Crippen LogP contribution in [-0.4, -0.2) is 24.3 Å². The maximum Gasteiger partial charge on any atom is 0.251 e. The molecular formula is C20H23N3O3. The molecule has 0 spiro atoms. The first kappa shape index (κ1) is 19.2. The predicted octanol–water partition coefficient (Wildman–Crippen LogP) is 3.04. The summed E-state index contributed by atoms with van der Waals surface area (Å²) in [4.78, 5) is 35.5. The van der Waals surface area contributed by atoms with Crippen molar-refractivity contribution in [2.75, 3.05) is 17.2 Å². The number of nitrogens with one attached hydrogen (secondary N) is 3. The van der Waals surface area contributed by atoms with E-state index in [4.69, 9.17) is 0 Å². The van der Waals surface area contributed by atoms with Gasteiger partial charge in [-0.3, -0.25) is 14.4 Å². The van der Waals surface area contributed by atoms with Crippen molar-refractivity contribution >= 4 is 29.1 Å². The molecule has 2 aromatic rings. The highest BCUT2D eigenvalue weighted by molar-refractivity contribution is 5.95. The molecule has 6 heteroatoms. The summed E-state index contributed by atoms with van der Waals surface area (Å²) in [5.74, 6) is -0.558. The van der Waals surface area contributed by atoms with Crippen LogP contribution in [-0.2, 0) is 9.59 Å². The van der Waals surface area contributed by atoms with E-state index in [0.717, 1.165) is 0 Å². The van der Waals surface area contributed by atoms with Crippen LogP contribution in [0.25, 0.3) is 0 Å². The zero-order valence-corrected chi connectivity index (χ0v) is 14.9. The van der Waals surface area contributed by atoms with Gasteiger partial charge in [0, 0.05) is 35.8 Å². The van der Waals surface area contributed by atoms with Gasteiger partial charge in [0.15, 0.2) is 0 Å². The molecule has 136 valence electrons. The van der Waals surface area contributed by atoms with Gasteiger partial charge >= 0.3 is 0 Å². The van der Waals surface area contributed by atoms with Gasteiger partial charge in [0.05, 0.1) is 0 Å². The van der Waals surface area contributed by atoms with Crippen LogP contribution in [0.3, 0.4) is 0 Å². The van der Waals surface area contributed by atoms with E-state index < -0.39 is 0 Å². The molecule has 26 heavy (non-hydrogen) atoms. The van der Waals surface area contributed by atoms with Gasteiger partial charge in [-0.1, -0.05) is 32.0 Å². The highest BCUT2D eigenvalue weighted by atomic mass is 16.2. The van der Waals surface area contributed by atoms with E-state index in [0.29, 0.717) is 16.9 Å². The molecular weight excluding hydrogens is 330 g/mol. The minimum Gasteiger partial charge on any atom is -0.352 e. The molecule has 0 aliphatic carbocycles. The van der Waals surface area contributed by atoms with Crippen molar-refractivity contribution in [2.45, 2.75) is 20.3 Å². The van der Waals surface area contributed by atoms with E-state index in [2.05, 4.69) is 16.0 Å². The van der Waals surface area contributed by atoms with Crippen molar-refractivity contribution in [1.29, 1.82) is 0 Å².